The van der Waals surface area contributed by atoms with E-state index in [1.807, 2.05) is 0 Å². The summed E-state index contributed by atoms with van der Waals surface area (Å²) in [6, 6.07) is 11.0. The van der Waals surface area contributed by atoms with Gasteiger partial charge < -0.3 is 20.8 Å². The molecule has 0 saturated heterocycles. The number of aromatic amines is 1. The first-order valence-corrected chi connectivity index (χ1v) is 9.33. The van der Waals surface area contributed by atoms with Crippen LogP contribution in [0.3, 0.4) is 0 Å². The highest BCUT2D eigenvalue weighted by molar-refractivity contribution is 7.23. The van der Waals surface area contributed by atoms with Gasteiger partial charge in [-0.25, -0.2) is 0 Å². The number of nitrogens with zero attached hydrogens (tertiary/aromatic N) is 2. The fourth-order valence-corrected chi connectivity index (χ4v) is 4.50. The van der Waals surface area contributed by atoms with E-state index in [0.29, 0.717) is 31.4 Å². The van der Waals surface area contributed by atoms with Crippen molar-refractivity contribution in [2.24, 2.45) is 5.73 Å². The first-order chi connectivity index (χ1) is 13.5. The van der Waals surface area contributed by atoms with Gasteiger partial charge in [0.15, 0.2) is 5.75 Å². The first-order valence-electron chi connectivity index (χ1n) is 8.13. The molecule has 138 valence electrons. The normalized spacial score (nSPS) is 15.5. The molecule has 2 aromatic heterocycles. The Morgan fingerprint density at radius 3 is 2.61 bits per heavy atom. The van der Waals surface area contributed by atoms with E-state index in [4.69, 9.17) is 22.1 Å². The minimum Gasteiger partial charge on any atom is -0.438 e. The molecule has 0 spiro atoms. The highest BCUT2D eigenvalue weighted by atomic mass is 35.5. The fourth-order valence-electron chi connectivity index (χ4n) is 3.32. The van der Waals surface area contributed by atoms with Crippen LogP contribution in [0.15, 0.2) is 40.5 Å². The summed E-state index contributed by atoms with van der Waals surface area (Å²) in [4.78, 5) is 15.8. The Bertz CT molecular complexity index is 1290. The van der Waals surface area contributed by atoms with Gasteiger partial charge >= 0.3 is 0 Å². The van der Waals surface area contributed by atoms with Crippen molar-refractivity contribution < 1.29 is 4.74 Å². The highest BCUT2D eigenvalue weighted by Gasteiger charge is 2.35. The molecule has 1 aromatic carbocycles. The van der Waals surface area contributed by atoms with Crippen LogP contribution >= 0.6 is 22.9 Å². The number of H-pyrrole nitrogens is 1. The van der Waals surface area contributed by atoms with E-state index in [9.17, 15) is 15.3 Å². The van der Waals surface area contributed by atoms with Gasteiger partial charge in [0.25, 0.3) is 5.56 Å². The zero-order chi connectivity index (χ0) is 20.0. The number of anilines is 1. The number of fused-ring (bicyclic) bond motifs is 3. The van der Waals surface area contributed by atoms with Crippen LogP contribution in [-0.2, 0) is 0 Å². The molecule has 0 fully saturated rings. The smallest absolute Gasteiger partial charge is 0.256 e. The molecule has 0 unspecified atom stereocenters. The number of hydrogen-bond donors (Lipinski definition) is 3. The van der Waals surface area contributed by atoms with Gasteiger partial charge in [-0.1, -0.05) is 23.7 Å². The summed E-state index contributed by atoms with van der Waals surface area (Å²) in [7, 11) is 1.69. The van der Waals surface area contributed by atoms with Crippen LogP contribution in [0.1, 0.15) is 22.6 Å². The lowest BCUT2D eigenvalue weighted by Gasteiger charge is -2.25. The van der Waals surface area contributed by atoms with Gasteiger partial charge in [0, 0.05) is 12.1 Å². The van der Waals surface area contributed by atoms with Crippen LogP contribution in [0, 0.1) is 22.7 Å². The zero-order valence-corrected chi connectivity index (χ0v) is 16.0. The van der Waals surface area contributed by atoms with Crippen molar-refractivity contribution in [3.05, 3.63) is 67.8 Å². The second-order valence-electron chi connectivity index (χ2n) is 6.05. The van der Waals surface area contributed by atoms with Crippen LogP contribution < -0.4 is 21.3 Å². The quantitative estimate of drug-likeness (QED) is 0.595. The SMILES string of the molecule is CNc1sc2c3c(c(=O)[nH]c2c1C#N)[C@H](c1ccc(Cl)cc1)C(C#N)=C(N)O3. The molecule has 3 heterocycles. The number of thiophene rings is 1. The Labute approximate surface area is 168 Å². The Morgan fingerprint density at radius 1 is 1.29 bits per heavy atom. The van der Waals surface area contributed by atoms with E-state index in [1.54, 1.807) is 31.3 Å². The number of nitriles is 2. The topological polar surface area (TPSA) is 128 Å². The Kier molecular flexibility index (Phi) is 4.23. The van der Waals surface area contributed by atoms with E-state index >= 15 is 0 Å². The molecular formula is C19H12ClN5O2S. The monoisotopic (exact) mass is 409 g/mol. The maximum absolute atomic E-state index is 13.0. The Balaban J connectivity index is 2.09. The molecule has 0 radical (unpaired) electrons. The maximum atomic E-state index is 13.0. The summed E-state index contributed by atoms with van der Waals surface area (Å²) < 4.78 is 6.30. The van der Waals surface area contributed by atoms with Crippen molar-refractivity contribution in [2.75, 3.05) is 12.4 Å². The summed E-state index contributed by atoms with van der Waals surface area (Å²) in [6.45, 7) is 0. The number of pyridine rings is 1. The third kappa shape index (κ3) is 2.51. The summed E-state index contributed by atoms with van der Waals surface area (Å²) in [5.74, 6) is -0.511. The van der Waals surface area contributed by atoms with Crippen LogP contribution in [0.2, 0.25) is 5.02 Å². The molecule has 9 heteroatoms. The Hall–Kier alpha value is -3.46. The molecule has 7 nitrogen and oxygen atoms in total. The van der Waals surface area contributed by atoms with E-state index in [2.05, 4.69) is 22.4 Å². The number of nitrogens with two attached hydrogens (primary N) is 1. The maximum Gasteiger partial charge on any atom is 0.256 e. The van der Waals surface area contributed by atoms with Gasteiger partial charge in [0.05, 0.1) is 21.7 Å². The van der Waals surface area contributed by atoms with Crippen molar-refractivity contribution in [1.82, 2.24) is 4.98 Å². The van der Waals surface area contributed by atoms with Crippen LogP contribution in [0.25, 0.3) is 10.2 Å². The third-order valence-corrected chi connectivity index (χ3v) is 6.02. The highest BCUT2D eigenvalue weighted by Crippen LogP contribution is 2.47. The van der Waals surface area contributed by atoms with E-state index < -0.39 is 11.5 Å². The minimum absolute atomic E-state index is 0.0697. The van der Waals surface area contributed by atoms with Gasteiger partial charge in [0.1, 0.15) is 28.3 Å². The summed E-state index contributed by atoms with van der Waals surface area (Å²) >= 11 is 7.25. The Morgan fingerprint density at radius 2 is 2.00 bits per heavy atom. The minimum atomic E-state index is -0.704. The number of halogens is 1. The number of rotatable bonds is 2. The largest absolute Gasteiger partial charge is 0.438 e. The van der Waals surface area contributed by atoms with Gasteiger partial charge in [-0.15, -0.1) is 11.3 Å². The van der Waals surface area contributed by atoms with Gasteiger partial charge in [0.2, 0.25) is 5.88 Å². The number of hydrogen-bond acceptors (Lipinski definition) is 7. The second-order valence-corrected chi connectivity index (χ2v) is 7.50. The molecule has 0 bridgehead atoms. The van der Waals surface area contributed by atoms with Crippen molar-refractivity contribution >= 4 is 38.2 Å². The molecule has 28 heavy (non-hydrogen) atoms. The fraction of sp³-hybridized carbons (Fsp3) is 0.105. The van der Waals surface area contributed by atoms with Gasteiger partial charge in [-0.05, 0) is 17.7 Å². The number of benzene rings is 1. The van der Waals surface area contributed by atoms with Crippen LogP contribution in [0.4, 0.5) is 5.00 Å². The predicted octanol–water partition coefficient (Wildman–Crippen LogP) is 3.37. The summed E-state index contributed by atoms with van der Waals surface area (Å²) in [5, 5.41) is 23.2. The molecule has 4 N–H and O–H groups in total. The van der Waals surface area contributed by atoms with Crippen molar-refractivity contribution in [3.63, 3.8) is 0 Å². The predicted molar refractivity (Wildman–Crippen MR) is 107 cm³/mol. The molecule has 1 aliphatic heterocycles. The lowest BCUT2D eigenvalue weighted by atomic mass is 9.84. The molecule has 0 saturated carbocycles. The molecule has 0 amide bonds. The molecule has 0 aliphatic carbocycles. The summed E-state index contributed by atoms with van der Waals surface area (Å²) in [5.41, 5.74) is 7.39. The van der Waals surface area contributed by atoms with Crippen LogP contribution in [0.5, 0.6) is 5.75 Å². The number of ether oxygens (including phenoxy) is 1. The van der Waals surface area contributed by atoms with Gasteiger partial charge in [-0.2, -0.15) is 10.5 Å². The molecule has 4 rings (SSSR count). The second kappa shape index (κ2) is 6.61. The standard InChI is InChI=1S/C19H12ClN5O2S/c1-24-19-11(7-22)14-16(28-19)15-13(18(26)25-14)12(10(6-21)17(23)27-15)8-2-4-9(20)5-3-8/h2-5,12,24H,23H2,1H3,(H,25,26)/t12-/m1/s1. The number of aromatic nitrogens is 1. The molecule has 1 aliphatic rings. The van der Waals surface area contributed by atoms with E-state index in [0.717, 1.165) is 0 Å². The lowest BCUT2D eigenvalue weighted by Crippen LogP contribution is -2.27. The van der Waals surface area contributed by atoms with Crippen LogP contribution in [-0.4, -0.2) is 12.0 Å². The molecule has 3 aromatic rings. The number of allylic oxidation sites excluding steroid dienone is 1. The molecule has 1 atom stereocenters. The third-order valence-electron chi connectivity index (χ3n) is 4.56. The van der Waals surface area contributed by atoms with Crippen molar-refractivity contribution in [3.8, 4) is 17.9 Å². The van der Waals surface area contributed by atoms with E-state index in [1.165, 1.54) is 11.3 Å². The zero-order valence-electron chi connectivity index (χ0n) is 14.5. The van der Waals surface area contributed by atoms with Crippen molar-refractivity contribution in [2.45, 2.75) is 5.92 Å². The average Bonchev–Trinajstić information content (AvgIpc) is 3.05. The number of nitrogens with one attached hydrogen (secondary N) is 2. The summed E-state index contributed by atoms with van der Waals surface area (Å²) in [6.07, 6.45) is 0. The van der Waals surface area contributed by atoms with E-state index in [-0.39, 0.29) is 22.8 Å². The lowest BCUT2D eigenvalue weighted by molar-refractivity contribution is 0.397. The molecular weight excluding hydrogens is 398 g/mol. The van der Waals surface area contributed by atoms with Crippen molar-refractivity contribution in [1.29, 1.82) is 10.5 Å². The average molecular weight is 410 g/mol. The first kappa shape index (κ1) is 17.9. The van der Waals surface area contributed by atoms with Gasteiger partial charge in [-0.3, -0.25) is 4.79 Å².